The summed E-state index contributed by atoms with van der Waals surface area (Å²) < 4.78 is 5.37. The van der Waals surface area contributed by atoms with Crippen molar-refractivity contribution in [2.75, 3.05) is 50.8 Å². The molecule has 1 aromatic carbocycles. The van der Waals surface area contributed by atoms with Crippen LogP contribution in [-0.4, -0.2) is 67.7 Å². The lowest BCUT2D eigenvalue weighted by Crippen LogP contribution is -2.53. The van der Waals surface area contributed by atoms with E-state index < -0.39 is 0 Å². The summed E-state index contributed by atoms with van der Waals surface area (Å²) >= 11 is 0. The smallest absolute Gasteiger partial charge is 0.269 e. The number of benzene rings is 1. The van der Waals surface area contributed by atoms with Gasteiger partial charge in [-0.05, 0) is 50.3 Å². The molecule has 0 bridgehead atoms. The van der Waals surface area contributed by atoms with Crippen molar-refractivity contribution >= 4 is 17.3 Å². The second-order valence-electron chi connectivity index (χ2n) is 8.24. The van der Waals surface area contributed by atoms with Gasteiger partial charge in [0.05, 0.1) is 24.1 Å². The molecule has 3 heterocycles. The number of nitrogens with zero attached hydrogens (tertiary/aromatic N) is 3. The van der Waals surface area contributed by atoms with Crippen molar-refractivity contribution in [2.24, 2.45) is 5.92 Å². The molecular weight excluding hydrogens is 372 g/mol. The van der Waals surface area contributed by atoms with Crippen molar-refractivity contribution in [1.29, 1.82) is 0 Å². The van der Waals surface area contributed by atoms with E-state index in [2.05, 4.69) is 15.1 Å². The van der Waals surface area contributed by atoms with Crippen LogP contribution in [0.5, 0.6) is 0 Å². The number of fused-ring (bicyclic) bond motifs is 3. The van der Waals surface area contributed by atoms with Gasteiger partial charge in [0.2, 0.25) is 5.91 Å². The lowest BCUT2D eigenvalue weighted by atomic mass is 9.80. The van der Waals surface area contributed by atoms with Gasteiger partial charge < -0.3 is 15.0 Å². The number of nitrogens with one attached hydrogen (secondary N) is 1. The van der Waals surface area contributed by atoms with Crippen molar-refractivity contribution in [1.82, 2.24) is 10.2 Å². The number of amides is 1. The van der Waals surface area contributed by atoms with E-state index in [1.54, 1.807) is 12.1 Å². The zero-order chi connectivity index (χ0) is 20.2. The zero-order valence-corrected chi connectivity index (χ0v) is 16.8. The highest BCUT2D eigenvalue weighted by Gasteiger charge is 2.39. The first-order valence-electron chi connectivity index (χ1n) is 10.8. The molecule has 4 rings (SSSR count). The number of ether oxygens (including phenoxy) is 1. The number of piperidine rings is 1. The molecule has 29 heavy (non-hydrogen) atoms. The van der Waals surface area contributed by atoms with E-state index in [1.807, 2.05) is 6.07 Å². The molecule has 0 radical (unpaired) electrons. The molecule has 0 unspecified atom stereocenters. The number of nitro benzene ring substituents is 1. The Balaban J connectivity index is 1.40. The molecule has 3 aliphatic heterocycles. The maximum absolute atomic E-state index is 13.0. The number of hydrogen-bond acceptors (Lipinski definition) is 6. The average Bonchev–Trinajstić information content (AvgIpc) is 2.76. The number of nitro groups is 1. The second kappa shape index (κ2) is 9.09. The molecule has 2 saturated heterocycles. The van der Waals surface area contributed by atoms with Gasteiger partial charge in [0.15, 0.2) is 0 Å². The van der Waals surface area contributed by atoms with Gasteiger partial charge in [0, 0.05) is 50.0 Å². The minimum absolute atomic E-state index is 0.0843. The Hall–Kier alpha value is -2.19. The van der Waals surface area contributed by atoms with Crippen molar-refractivity contribution < 1.29 is 14.5 Å². The normalized spacial score (nSPS) is 24.5. The molecule has 1 amide bonds. The maximum atomic E-state index is 13.0. The quantitative estimate of drug-likeness (QED) is 0.445. The fourth-order valence-electron chi connectivity index (χ4n) is 4.91. The fraction of sp³-hybridized carbons (Fsp3) is 0.667. The number of non-ortho nitro benzene ring substituents is 1. The first kappa shape index (κ1) is 20.1. The molecule has 8 nitrogen and oxygen atoms in total. The van der Waals surface area contributed by atoms with Gasteiger partial charge in [0.1, 0.15) is 0 Å². The van der Waals surface area contributed by atoms with Gasteiger partial charge in [-0.25, -0.2) is 0 Å². The van der Waals surface area contributed by atoms with E-state index >= 15 is 0 Å². The summed E-state index contributed by atoms with van der Waals surface area (Å²) in [6.07, 6.45) is 4.73. The van der Waals surface area contributed by atoms with Crippen LogP contribution in [0.4, 0.5) is 11.4 Å². The highest BCUT2D eigenvalue weighted by atomic mass is 16.6. The molecule has 1 N–H and O–H groups in total. The summed E-state index contributed by atoms with van der Waals surface area (Å²) in [4.78, 5) is 28.5. The Labute approximate surface area is 171 Å². The molecule has 0 aliphatic carbocycles. The first-order valence-corrected chi connectivity index (χ1v) is 10.8. The molecule has 158 valence electrons. The minimum atomic E-state index is -0.358. The van der Waals surface area contributed by atoms with Crippen LogP contribution in [0, 0.1) is 16.0 Å². The summed E-state index contributed by atoms with van der Waals surface area (Å²) in [7, 11) is 0. The molecule has 2 atom stereocenters. The molecule has 0 saturated carbocycles. The molecular formula is C21H30N4O4. The predicted octanol–water partition coefficient (Wildman–Crippen LogP) is 1.96. The number of rotatable bonds is 6. The van der Waals surface area contributed by atoms with Crippen LogP contribution < -0.4 is 10.2 Å². The Morgan fingerprint density at radius 1 is 1.24 bits per heavy atom. The van der Waals surface area contributed by atoms with Gasteiger partial charge in [0.25, 0.3) is 5.69 Å². The summed E-state index contributed by atoms with van der Waals surface area (Å²) in [5.74, 6) is -0.0609. The van der Waals surface area contributed by atoms with E-state index in [-0.39, 0.29) is 28.5 Å². The second-order valence-corrected chi connectivity index (χ2v) is 8.24. The van der Waals surface area contributed by atoms with Gasteiger partial charge in [-0.2, -0.15) is 0 Å². The summed E-state index contributed by atoms with van der Waals surface area (Å²) in [5, 5.41) is 14.3. The van der Waals surface area contributed by atoms with Gasteiger partial charge in [-0.15, -0.1) is 0 Å². The third kappa shape index (κ3) is 4.53. The molecule has 0 aromatic heterocycles. The van der Waals surface area contributed by atoms with E-state index in [1.165, 1.54) is 0 Å². The largest absolute Gasteiger partial charge is 0.379 e. The lowest BCUT2D eigenvalue weighted by molar-refractivity contribution is -0.384. The van der Waals surface area contributed by atoms with Crippen molar-refractivity contribution in [3.05, 3.63) is 33.9 Å². The summed E-state index contributed by atoms with van der Waals surface area (Å²) in [5.41, 5.74) is 2.09. The highest BCUT2D eigenvalue weighted by molar-refractivity contribution is 5.82. The van der Waals surface area contributed by atoms with Crippen molar-refractivity contribution in [2.45, 2.75) is 38.1 Å². The van der Waals surface area contributed by atoms with Crippen LogP contribution >= 0.6 is 0 Å². The van der Waals surface area contributed by atoms with Crippen LogP contribution in [-0.2, 0) is 16.0 Å². The van der Waals surface area contributed by atoms with E-state index in [4.69, 9.17) is 4.74 Å². The van der Waals surface area contributed by atoms with Crippen LogP contribution in [0.15, 0.2) is 18.2 Å². The molecule has 3 aliphatic rings. The average molecular weight is 402 g/mol. The Morgan fingerprint density at radius 2 is 2.07 bits per heavy atom. The van der Waals surface area contributed by atoms with Crippen molar-refractivity contribution in [3.8, 4) is 0 Å². The number of anilines is 1. The molecule has 1 aromatic rings. The van der Waals surface area contributed by atoms with Gasteiger partial charge in [-0.1, -0.05) is 0 Å². The predicted molar refractivity (Wildman–Crippen MR) is 110 cm³/mol. The standard InChI is InChI=1S/C21H30N4O4/c26-21(22-7-3-8-23-10-12-29-13-11-23)18-15-16-14-17(25(27)28)5-6-19(16)24-9-2-1-4-20(18)24/h5-6,14,18,20H,1-4,7-13,15H2,(H,22,26)/t18-,20-/m1/s1. The van der Waals surface area contributed by atoms with Crippen LogP contribution in [0.3, 0.4) is 0 Å². The number of carbonyl (C=O) groups is 1. The lowest BCUT2D eigenvalue weighted by Gasteiger charge is -2.45. The molecule has 8 heteroatoms. The fourth-order valence-corrected chi connectivity index (χ4v) is 4.91. The topological polar surface area (TPSA) is 88.0 Å². The van der Waals surface area contributed by atoms with Crippen LogP contribution in [0.25, 0.3) is 0 Å². The molecule has 0 spiro atoms. The molecule has 2 fully saturated rings. The number of hydrogen-bond donors (Lipinski definition) is 1. The Bertz CT molecular complexity index is 750. The maximum Gasteiger partial charge on any atom is 0.269 e. The van der Waals surface area contributed by atoms with Crippen LogP contribution in [0.2, 0.25) is 0 Å². The third-order valence-electron chi connectivity index (χ3n) is 6.43. The zero-order valence-electron chi connectivity index (χ0n) is 16.8. The highest BCUT2D eigenvalue weighted by Crippen LogP contribution is 2.39. The van der Waals surface area contributed by atoms with E-state index in [0.29, 0.717) is 13.0 Å². The SMILES string of the molecule is O=C(NCCCN1CCOCC1)[C@@H]1Cc2cc([N+](=O)[O-])ccc2N2CCCC[C@H]12. The van der Waals surface area contributed by atoms with Gasteiger partial charge in [-0.3, -0.25) is 19.8 Å². The van der Waals surface area contributed by atoms with Gasteiger partial charge >= 0.3 is 0 Å². The Morgan fingerprint density at radius 3 is 2.86 bits per heavy atom. The number of carbonyl (C=O) groups excluding carboxylic acids is 1. The van der Waals surface area contributed by atoms with Crippen LogP contribution in [0.1, 0.15) is 31.2 Å². The monoisotopic (exact) mass is 402 g/mol. The van der Waals surface area contributed by atoms with E-state index in [0.717, 1.165) is 76.3 Å². The summed E-state index contributed by atoms with van der Waals surface area (Å²) in [6.45, 7) is 6.05. The van der Waals surface area contributed by atoms with E-state index in [9.17, 15) is 14.9 Å². The summed E-state index contributed by atoms with van der Waals surface area (Å²) in [6, 6.07) is 5.29. The first-order chi connectivity index (χ1) is 14.1. The third-order valence-corrected chi connectivity index (χ3v) is 6.43. The minimum Gasteiger partial charge on any atom is -0.379 e. The van der Waals surface area contributed by atoms with Crippen molar-refractivity contribution in [3.63, 3.8) is 0 Å². The number of morpholine rings is 1. The Kier molecular flexibility index (Phi) is 6.30.